The third kappa shape index (κ3) is 3.23. The Hall–Kier alpha value is -1.56. The van der Waals surface area contributed by atoms with E-state index in [9.17, 15) is 8.42 Å². The Morgan fingerprint density at radius 2 is 1.94 bits per heavy atom. The van der Waals surface area contributed by atoms with Crippen molar-refractivity contribution in [2.24, 2.45) is 5.10 Å². The Labute approximate surface area is 95.4 Å². The molecule has 1 aromatic carbocycles. The second kappa shape index (κ2) is 4.98. The molecule has 0 spiro atoms. The zero-order valence-corrected chi connectivity index (χ0v) is 10.1. The minimum absolute atomic E-state index is 0.148. The van der Waals surface area contributed by atoms with E-state index in [2.05, 4.69) is 9.93 Å². The second-order valence-electron chi connectivity index (χ2n) is 3.36. The first-order valence-electron chi connectivity index (χ1n) is 4.86. The van der Waals surface area contributed by atoms with Crippen LogP contribution in [0.4, 0.5) is 5.69 Å². The van der Waals surface area contributed by atoms with Crippen LogP contribution in [0.5, 0.6) is 0 Å². The minimum Gasteiger partial charge on any atom is -0.399 e. The van der Waals surface area contributed by atoms with Crippen LogP contribution in [-0.4, -0.2) is 14.1 Å². The highest BCUT2D eigenvalue weighted by molar-refractivity contribution is 7.89. The molecule has 0 aliphatic carbocycles. The quantitative estimate of drug-likeness (QED) is 0.474. The van der Waals surface area contributed by atoms with Gasteiger partial charge in [-0.05, 0) is 37.6 Å². The number of hydrogen-bond donors (Lipinski definition) is 2. The van der Waals surface area contributed by atoms with Gasteiger partial charge in [-0.15, -0.1) is 0 Å². The van der Waals surface area contributed by atoms with Crippen molar-refractivity contribution in [3.8, 4) is 0 Å². The summed E-state index contributed by atoms with van der Waals surface area (Å²) in [5, 5.41) is 3.76. The molecule has 88 valence electrons. The topological polar surface area (TPSA) is 84.5 Å². The summed E-state index contributed by atoms with van der Waals surface area (Å²) in [6, 6.07) is 5.94. The number of hydrazone groups is 1. The van der Waals surface area contributed by atoms with Crippen LogP contribution in [0.3, 0.4) is 0 Å². The molecule has 6 heteroatoms. The van der Waals surface area contributed by atoms with E-state index >= 15 is 0 Å². The molecule has 0 heterocycles. The molecule has 5 nitrogen and oxygen atoms in total. The van der Waals surface area contributed by atoms with Crippen LogP contribution in [0.15, 0.2) is 34.3 Å². The van der Waals surface area contributed by atoms with E-state index < -0.39 is 10.0 Å². The monoisotopic (exact) mass is 241 g/mol. The fourth-order valence-electron chi connectivity index (χ4n) is 0.917. The van der Waals surface area contributed by atoms with Crippen molar-refractivity contribution in [1.29, 1.82) is 0 Å². The number of anilines is 1. The van der Waals surface area contributed by atoms with E-state index in [-0.39, 0.29) is 4.90 Å². The van der Waals surface area contributed by atoms with E-state index in [4.69, 9.17) is 5.73 Å². The summed E-state index contributed by atoms with van der Waals surface area (Å²) in [6.07, 6.45) is 0.699. The van der Waals surface area contributed by atoms with Crippen LogP contribution in [0.25, 0.3) is 0 Å². The maximum atomic E-state index is 11.7. The summed E-state index contributed by atoms with van der Waals surface area (Å²) in [7, 11) is -3.58. The average Bonchev–Trinajstić information content (AvgIpc) is 2.26. The molecule has 0 fully saturated rings. The lowest BCUT2D eigenvalue weighted by Gasteiger charge is -2.04. The third-order valence-electron chi connectivity index (χ3n) is 2.06. The van der Waals surface area contributed by atoms with Gasteiger partial charge in [0.05, 0.1) is 4.90 Å². The molecule has 0 aliphatic rings. The number of nitrogens with two attached hydrogens (primary N) is 1. The Morgan fingerprint density at radius 3 is 2.44 bits per heavy atom. The van der Waals surface area contributed by atoms with Crippen molar-refractivity contribution < 1.29 is 8.42 Å². The number of nitrogens with one attached hydrogen (secondary N) is 1. The second-order valence-corrected chi connectivity index (χ2v) is 5.03. The molecule has 0 saturated carbocycles. The Morgan fingerprint density at radius 1 is 1.38 bits per heavy atom. The Balaban J connectivity index is 2.91. The van der Waals surface area contributed by atoms with E-state index in [0.717, 1.165) is 5.71 Å². The lowest BCUT2D eigenvalue weighted by molar-refractivity contribution is 0.584. The molecule has 16 heavy (non-hydrogen) atoms. The number of nitrogen functional groups attached to an aromatic ring is 1. The predicted molar refractivity (Wildman–Crippen MR) is 64.6 cm³/mol. The molecule has 0 bridgehead atoms. The van der Waals surface area contributed by atoms with Gasteiger partial charge in [-0.1, -0.05) is 6.92 Å². The fourth-order valence-corrected chi connectivity index (χ4v) is 1.79. The third-order valence-corrected chi connectivity index (χ3v) is 3.28. The zero-order chi connectivity index (χ0) is 12.2. The highest BCUT2D eigenvalue weighted by atomic mass is 32.2. The number of hydrogen-bond acceptors (Lipinski definition) is 4. The predicted octanol–water partition coefficient (Wildman–Crippen LogP) is 1.33. The molecular formula is C10H15N3O2S. The van der Waals surface area contributed by atoms with Gasteiger partial charge in [-0.2, -0.15) is 13.5 Å². The SMILES string of the molecule is CC/C(C)=N\NS(=O)(=O)c1ccc(N)cc1. The summed E-state index contributed by atoms with van der Waals surface area (Å²) < 4.78 is 23.4. The summed E-state index contributed by atoms with van der Waals surface area (Å²) >= 11 is 0. The van der Waals surface area contributed by atoms with Crippen LogP contribution in [0.1, 0.15) is 20.3 Å². The van der Waals surface area contributed by atoms with Gasteiger partial charge in [0.15, 0.2) is 0 Å². The summed E-state index contributed by atoms with van der Waals surface area (Å²) in [5.74, 6) is 0. The van der Waals surface area contributed by atoms with Crippen molar-refractivity contribution in [2.75, 3.05) is 5.73 Å². The Kier molecular flexibility index (Phi) is 3.89. The summed E-state index contributed by atoms with van der Waals surface area (Å²) in [5.41, 5.74) is 6.71. The zero-order valence-electron chi connectivity index (χ0n) is 9.27. The van der Waals surface area contributed by atoms with Crippen molar-refractivity contribution in [2.45, 2.75) is 25.2 Å². The van der Waals surface area contributed by atoms with Gasteiger partial charge in [0.1, 0.15) is 0 Å². The first-order valence-corrected chi connectivity index (χ1v) is 6.34. The van der Waals surface area contributed by atoms with Crippen molar-refractivity contribution in [3.63, 3.8) is 0 Å². The summed E-state index contributed by atoms with van der Waals surface area (Å²) in [6.45, 7) is 3.65. The molecule has 3 N–H and O–H groups in total. The van der Waals surface area contributed by atoms with Gasteiger partial charge in [0.2, 0.25) is 0 Å². The van der Waals surface area contributed by atoms with Gasteiger partial charge in [0, 0.05) is 11.4 Å². The highest BCUT2D eigenvalue weighted by Crippen LogP contribution is 2.11. The van der Waals surface area contributed by atoms with Gasteiger partial charge >= 0.3 is 0 Å². The van der Waals surface area contributed by atoms with Crippen LogP contribution >= 0.6 is 0 Å². The van der Waals surface area contributed by atoms with Crippen molar-refractivity contribution in [3.05, 3.63) is 24.3 Å². The molecule has 0 aliphatic heterocycles. The first kappa shape index (κ1) is 12.5. The molecule has 0 amide bonds. The Bertz CT molecular complexity index is 477. The molecule has 0 saturated heterocycles. The highest BCUT2D eigenvalue weighted by Gasteiger charge is 2.11. The number of benzene rings is 1. The van der Waals surface area contributed by atoms with E-state index in [1.54, 1.807) is 6.92 Å². The standard InChI is InChI=1S/C10H15N3O2S/c1-3-8(2)12-13-16(14,15)10-6-4-9(11)5-7-10/h4-7,13H,3,11H2,1-2H3/b12-8-. The smallest absolute Gasteiger partial charge is 0.276 e. The largest absolute Gasteiger partial charge is 0.399 e. The number of rotatable bonds is 4. The molecule has 1 rings (SSSR count). The van der Waals surface area contributed by atoms with Crippen LogP contribution in [-0.2, 0) is 10.0 Å². The van der Waals surface area contributed by atoms with E-state index in [0.29, 0.717) is 12.1 Å². The number of nitrogens with zero attached hydrogens (tertiary/aromatic N) is 1. The fraction of sp³-hybridized carbons (Fsp3) is 0.300. The van der Waals surface area contributed by atoms with Gasteiger partial charge in [-0.25, -0.2) is 4.83 Å². The molecule has 1 aromatic rings. The number of sulfonamides is 1. The minimum atomic E-state index is -3.58. The first-order chi connectivity index (χ1) is 7.45. The van der Waals surface area contributed by atoms with Crippen molar-refractivity contribution in [1.82, 2.24) is 4.83 Å². The molecular weight excluding hydrogens is 226 g/mol. The lowest BCUT2D eigenvalue weighted by atomic mass is 10.3. The van der Waals surface area contributed by atoms with Crippen LogP contribution in [0.2, 0.25) is 0 Å². The van der Waals surface area contributed by atoms with Gasteiger partial charge < -0.3 is 5.73 Å². The maximum absolute atomic E-state index is 11.7. The van der Waals surface area contributed by atoms with Crippen molar-refractivity contribution >= 4 is 21.4 Å². The van der Waals surface area contributed by atoms with E-state index in [1.165, 1.54) is 24.3 Å². The van der Waals surface area contributed by atoms with Gasteiger partial charge in [-0.3, -0.25) is 0 Å². The lowest BCUT2D eigenvalue weighted by Crippen LogP contribution is -2.19. The normalized spacial score (nSPS) is 12.5. The molecule has 0 unspecified atom stereocenters. The summed E-state index contributed by atoms with van der Waals surface area (Å²) in [4.78, 5) is 2.31. The van der Waals surface area contributed by atoms with Gasteiger partial charge in [0.25, 0.3) is 10.0 Å². The average molecular weight is 241 g/mol. The van der Waals surface area contributed by atoms with E-state index in [1.807, 2.05) is 6.92 Å². The molecule has 0 aromatic heterocycles. The molecule has 0 radical (unpaired) electrons. The molecule has 0 atom stereocenters. The van der Waals surface area contributed by atoms with Crippen LogP contribution in [0, 0.1) is 0 Å². The van der Waals surface area contributed by atoms with Crippen LogP contribution < -0.4 is 10.6 Å². The maximum Gasteiger partial charge on any atom is 0.276 e.